The lowest BCUT2D eigenvalue weighted by atomic mass is 9.78. The van der Waals surface area contributed by atoms with E-state index < -0.39 is 5.41 Å². The number of halogens is 1. The molecule has 0 N–H and O–H groups in total. The predicted octanol–water partition coefficient (Wildman–Crippen LogP) is 2.29. The number of morpholine rings is 1. The predicted molar refractivity (Wildman–Crippen MR) is 104 cm³/mol. The quantitative estimate of drug-likeness (QED) is 0.809. The summed E-state index contributed by atoms with van der Waals surface area (Å²) in [5.74, 6) is -0.244. The molecule has 0 unspecified atom stereocenters. The van der Waals surface area contributed by atoms with Crippen LogP contribution < -0.4 is 0 Å². The number of amides is 1. The van der Waals surface area contributed by atoms with Gasteiger partial charge in [-0.3, -0.25) is 14.4 Å². The van der Waals surface area contributed by atoms with Crippen LogP contribution in [0.5, 0.6) is 0 Å². The van der Waals surface area contributed by atoms with Crippen LogP contribution in [0.3, 0.4) is 0 Å². The molecule has 1 amide bonds. The Morgan fingerprint density at radius 1 is 1.25 bits per heavy atom. The minimum Gasteiger partial charge on any atom is -0.379 e. The topological polar surface area (TPSA) is 50.6 Å². The van der Waals surface area contributed by atoms with Gasteiger partial charge in [0.05, 0.1) is 31.5 Å². The van der Waals surface area contributed by atoms with Crippen molar-refractivity contribution >= 4 is 5.91 Å². The first-order valence-electron chi connectivity index (χ1n) is 9.84. The summed E-state index contributed by atoms with van der Waals surface area (Å²) in [6.45, 7) is 9.94. The first kappa shape index (κ1) is 19.1. The summed E-state index contributed by atoms with van der Waals surface area (Å²) in [5.41, 5.74) is 1.75. The molecule has 1 saturated heterocycles. The molecule has 0 bridgehead atoms. The van der Waals surface area contributed by atoms with Gasteiger partial charge in [0.15, 0.2) is 0 Å². The molecule has 0 radical (unpaired) electrons. The minimum absolute atomic E-state index is 0.0550. The monoisotopic (exact) mass is 386 g/mol. The highest BCUT2D eigenvalue weighted by molar-refractivity contribution is 5.94. The molecule has 28 heavy (non-hydrogen) atoms. The lowest BCUT2D eigenvalue weighted by Gasteiger charge is -2.40. The fourth-order valence-corrected chi connectivity index (χ4v) is 4.27. The highest BCUT2D eigenvalue weighted by Gasteiger charge is 2.36. The number of ether oxygens (including phenoxy) is 1. The summed E-state index contributed by atoms with van der Waals surface area (Å²) in [6, 6.07) is 5.11. The summed E-state index contributed by atoms with van der Waals surface area (Å²) < 4.78 is 21.5. The van der Waals surface area contributed by atoms with E-state index in [1.807, 2.05) is 30.8 Å². The Balaban J connectivity index is 1.44. The number of carbonyl (C=O) groups is 1. The molecule has 0 saturated carbocycles. The van der Waals surface area contributed by atoms with Gasteiger partial charge in [0.1, 0.15) is 5.82 Å². The first-order chi connectivity index (χ1) is 13.4. The number of benzene rings is 1. The second-order valence-corrected chi connectivity index (χ2v) is 8.27. The van der Waals surface area contributed by atoms with Crippen molar-refractivity contribution in [3.05, 3.63) is 53.1 Å². The molecule has 3 heterocycles. The van der Waals surface area contributed by atoms with Gasteiger partial charge in [-0.05, 0) is 11.6 Å². The standard InChI is InChI=1S/C21H27FN4O2/c1-21(2)15-25(13-16-4-3-5-18(22)19(16)21)20(27)17-12-23-26(14-17)7-6-24-8-10-28-11-9-24/h3-5,12,14H,6-11,13,15H2,1-2H3. The minimum atomic E-state index is -0.430. The lowest BCUT2D eigenvalue weighted by Crippen LogP contribution is -2.45. The van der Waals surface area contributed by atoms with Gasteiger partial charge in [-0.2, -0.15) is 5.10 Å². The number of aromatic nitrogens is 2. The van der Waals surface area contributed by atoms with Crippen LogP contribution in [0.15, 0.2) is 30.6 Å². The second kappa shape index (κ2) is 7.64. The van der Waals surface area contributed by atoms with Crippen molar-refractivity contribution in [1.82, 2.24) is 19.6 Å². The molecular formula is C21H27FN4O2. The Morgan fingerprint density at radius 3 is 2.82 bits per heavy atom. The normalized spacial score (nSPS) is 19.5. The van der Waals surface area contributed by atoms with Crippen LogP contribution in [0, 0.1) is 5.82 Å². The molecule has 7 heteroatoms. The van der Waals surface area contributed by atoms with Crippen molar-refractivity contribution in [2.75, 3.05) is 39.4 Å². The maximum Gasteiger partial charge on any atom is 0.257 e. The van der Waals surface area contributed by atoms with Crippen LogP contribution in [0.25, 0.3) is 0 Å². The van der Waals surface area contributed by atoms with Gasteiger partial charge in [0, 0.05) is 49.9 Å². The van der Waals surface area contributed by atoms with Gasteiger partial charge < -0.3 is 9.64 Å². The lowest BCUT2D eigenvalue weighted by molar-refractivity contribution is 0.0359. The van der Waals surface area contributed by atoms with Gasteiger partial charge >= 0.3 is 0 Å². The summed E-state index contributed by atoms with van der Waals surface area (Å²) in [5, 5.41) is 4.36. The Morgan fingerprint density at radius 2 is 2.04 bits per heavy atom. The van der Waals surface area contributed by atoms with E-state index in [4.69, 9.17) is 4.74 Å². The van der Waals surface area contributed by atoms with Crippen LogP contribution in [0.2, 0.25) is 0 Å². The highest BCUT2D eigenvalue weighted by Crippen LogP contribution is 2.35. The maximum absolute atomic E-state index is 14.3. The summed E-state index contributed by atoms with van der Waals surface area (Å²) in [4.78, 5) is 17.2. The zero-order valence-corrected chi connectivity index (χ0v) is 16.5. The van der Waals surface area contributed by atoms with E-state index >= 15 is 0 Å². The van der Waals surface area contributed by atoms with Gasteiger partial charge in [-0.1, -0.05) is 26.0 Å². The molecular weight excluding hydrogens is 359 g/mol. The van der Waals surface area contributed by atoms with Gasteiger partial charge in [-0.25, -0.2) is 4.39 Å². The number of hydrogen-bond acceptors (Lipinski definition) is 4. The van der Waals surface area contributed by atoms with Crippen molar-refractivity contribution in [2.24, 2.45) is 0 Å². The van der Waals surface area contributed by atoms with Crippen LogP contribution >= 0.6 is 0 Å². The van der Waals surface area contributed by atoms with E-state index in [1.54, 1.807) is 17.2 Å². The smallest absolute Gasteiger partial charge is 0.257 e. The van der Waals surface area contributed by atoms with Crippen LogP contribution in [0.4, 0.5) is 4.39 Å². The Kier molecular flexibility index (Phi) is 5.21. The van der Waals surface area contributed by atoms with Crippen LogP contribution in [-0.2, 0) is 23.2 Å². The maximum atomic E-state index is 14.3. The third kappa shape index (κ3) is 3.82. The van der Waals surface area contributed by atoms with E-state index in [0.717, 1.165) is 50.5 Å². The summed E-state index contributed by atoms with van der Waals surface area (Å²) in [6.07, 6.45) is 3.45. The van der Waals surface area contributed by atoms with Crippen molar-refractivity contribution < 1.29 is 13.9 Å². The third-order valence-electron chi connectivity index (χ3n) is 5.64. The molecule has 6 nitrogen and oxygen atoms in total. The van der Waals surface area contributed by atoms with E-state index in [1.165, 1.54) is 6.07 Å². The third-order valence-corrected chi connectivity index (χ3v) is 5.64. The molecule has 1 aromatic carbocycles. The fourth-order valence-electron chi connectivity index (χ4n) is 4.27. The molecule has 2 aromatic rings. The van der Waals surface area contributed by atoms with Crippen molar-refractivity contribution in [2.45, 2.75) is 32.4 Å². The van der Waals surface area contributed by atoms with E-state index in [9.17, 15) is 9.18 Å². The number of fused-ring (bicyclic) bond motifs is 1. The zero-order chi connectivity index (χ0) is 19.7. The van der Waals surface area contributed by atoms with Gasteiger partial charge in [0.25, 0.3) is 5.91 Å². The Hall–Kier alpha value is -2.25. The molecule has 0 spiro atoms. The van der Waals surface area contributed by atoms with Crippen molar-refractivity contribution in [3.8, 4) is 0 Å². The Bertz CT molecular complexity index is 858. The molecule has 0 aliphatic carbocycles. The molecule has 4 rings (SSSR count). The number of carbonyl (C=O) groups excluding carboxylic acids is 1. The van der Waals surface area contributed by atoms with E-state index in [-0.39, 0.29) is 11.7 Å². The number of rotatable bonds is 4. The van der Waals surface area contributed by atoms with E-state index in [0.29, 0.717) is 18.7 Å². The fraction of sp³-hybridized carbons (Fsp3) is 0.524. The molecule has 1 fully saturated rings. The zero-order valence-electron chi connectivity index (χ0n) is 16.5. The second-order valence-electron chi connectivity index (χ2n) is 8.27. The SMILES string of the molecule is CC1(C)CN(C(=O)c2cnn(CCN3CCOCC3)c2)Cc2cccc(F)c21. The van der Waals surface area contributed by atoms with Gasteiger partial charge in [-0.15, -0.1) is 0 Å². The largest absolute Gasteiger partial charge is 0.379 e. The molecule has 1 aromatic heterocycles. The average molecular weight is 386 g/mol. The molecule has 2 aliphatic rings. The summed E-state index contributed by atoms with van der Waals surface area (Å²) >= 11 is 0. The average Bonchev–Trinajstić information content (AvgIpc) is 3.14. The number of hydrogen-bond donors (Lipinski definition) is 0. The van der Waals surface area contributed by atoms with E-state index in [2.05, 4.69) is 10.00 Å². The van der Waals surface area contributed by atoms with Crippen LogP contribution in [0.1, 0.15) is 35.3 Å². The Labute approximate surface area is 164 Å². The molecule has 0 atom stereocenters. The van der Waals surface area contributed by atoms with Crippen molar-refractivity contribution in [1.29, 1.82) is 0 Å². The summed E-state index contributed by atoms with van der Waals surface area (Å²) in [7, 11) is 0. The number of nitrogens with zero attached hydrogens (tertiary/aromatic N) is 4. The van der Waals surface area contributed by atoms with Gasteiger partial charge in [0.2, 0.25) is 0 Å². The van der Waals surface area contributed by atoms with Crippen molar-refractivity contribution in [3.63, 3.8) is 0 Å². The first-order valence-corrected chi connectivity index (χ1v) is 9.84. The molecule has 150 valence electrons. The van der Waals surface area contributed by atoms with Crippen LogP contribution in [-0.4, -0.2) is 64.9 Å². The highest BCUT2D eigenvalue weighted by atomic mass is 19.1. The molecule has 2 aliphatic heterocycles.